The van der Waals surface area contributed by atoms with Crippen LogP contribution in [-0.4, -0.2) is 30.5 Å². The van der Waals surface area contributed by atoms with Gasteiger partial charge in [0.1, 0.15) is 0 Å². The van der Waals surface area contributed by atoms with E-state index < -0.39 is 0 Å². The summed E-state index contributed by atoms with van der Waals surface area (Å²) in [5, 5.41) is 3.66. The second-order valence-corrected chi connectivity index (χ2v) is 4.18. The fourth-order valence-electron chi connectivity index (χ4n) is 1.34. The lowest BCUT2D eigenvalue weighted by Gasteiger charge is -2.25. The van der Waals surface area contributed by atoms with Gasteiger partial charge in [-0.25, -0.2) is 4.98 Å². The van der Waals surface area contributed by atoms with Crippen LogP contribution in [0.2, 0.25) is 0 Å². The van der Waals surface area contributed by atoms with Crippen LogP contribution in [0.4, 0.5) is 5.13 Å². The molecule has 1 saturated heterocycles. The molecule has 1 aliphatic rings. The number of carbonyl (C=O) groups is 1. The normalized spacial score (nSPS) is 16.9. The number of piperazine rings is 1. The molecule has 5 nitrogen and oxygen atoms in total. The molecule has 3 N–H and O–H groups in total. The number of amides is 1. The predicted molar refractivity (Wildman–Crippen MR) is 55.2 cm³/mol. The Morgan fingerprint density at radius 1 is 1.71 bits per heavy atom. The first kappa shape index (κ1) is 9.42. The number of thiazole rings is 1. The van der Waals surface area contributed by atoms with Crippen molar-refractivity contribution < 1.29 is 4.79 Å². The minimum atomic E-state index is 0.0562. The van der Waals surface area contributed by atoms with Crippen molar-refractivity contribution in [3.63, 3.8) is 0 Å². The summed E-state index contributed by atoms with van der Waals surface area (Å²) in [6, 6.07) is 0. The van der Waals surface area contributed by atoms with Gasteiger partial charge in [0, 0.05) is 30.7 Å². The van der Waals surface area contributed by atoms with Gasteiger partial charge in [-0.05, 0) is 0 Å². The lowest BCUT2D eigenvalue weighted by Crippen LogP contribution is -2.47. The zero-order chi connectivity index (χ0) is 9.97. The number of nitrogens with two attached hydrogens (primary N) is 1. The third kappa shape index (κ3) is 1.85. The summed E-state index contributed by atoms with van der Waals surface area (Å²) in [5.74, 6) is 0.0562. The molecule has 6 heteroatoms. The number of nitrogens with zero attached hydrogens (tertiary/aromatic N) is 2. The molecule has 0 spiro atoms. The average Bonchev–Trinajstić information content (AvgIpc) is 2.66. The van der Waals surface area contributed by atoms with E-state index in [1.165, 1.54) is 0 Å². The molecular formula is C8H12N4OS. The number of rotatable bonds is 2. The zero-order valence-corrected chi connectivity index (χ0v) is 8.51. The van der Waals surface area contributed by atoms with Crippen LogP contribution < -0.4 is 16.0 Å². The molecule has 0 aromatic carbocycles. The maximum atomic E-state index is 11.1. The van der Waals surface area contributed by atoms with Crippen molar-refractivity contribution in [1.29, 1.82) is 0 Å². The molecule has 2 rings (SSSR count). The number of hydrogen-bond acceptors (Lipinski definition) is 5. The molecule has 0 bridgehead atoms. The average molecular weight is 212 g/mol. The summed E-state index contributed by atoms with van der Waals surface area (Å²) in [5.41, 5.74) is 5.49. The van der Waals surface area contributed by atoms with Crippen molar-refractivity contribution >= 4 is 22.4 Å². The van der Waals surface area contributed by atoms with E-state index in [9.17, 15) is 4.79 Å². The molecule has 1 fully saturated rings. The summed E-state index contributed by atoms with van der Waals surface area (Å²) >= 11 is 1.55. The molecule has 0 radical (unpaired) electrons. The standard InChI is InChI=1S/C8H12N4OS/c9-3-6-4-11-8(14-6)12-2-1-10-7(13)5-12/h4H,1-3,5,9H2,(H,10,13). The highest BCUT2D eigenvalue weighted by Crippen LogP contribution is 2.22. The molecule has 0 unspecified atom stereocenters. The lowest BCUT2D eigenvalue weighted by molar-refractivity contribution is -0.120. The Hall–Kier alpha value is -1.14. The molecule has 1 aromatic heterocycles. The van der Waals surface area contributed by atoms with E-state index >= 15 is 0 Å². The molecule has 76 valence electrons. The minimum Gasteiger partial charge on any atom is -0.353 e. The highest BCUT2D eigenvalue weighted by atomic mass is 32.1. The number of nitrogens with one attached hydrogen (secondary N) is 1. The number of aromatic nitrogens is 1. The molecule has 0 aliphatic carbocycles. The van der Waals surface area contributed by atoms with Gasteiger partial charge in [0.25, 0.3) is 0 Å². The molecule has 1 aliphatic heterocycles. The largest absolute Gasteiger partial charge is 0.353 e. The van der Waals surface area contributed by atoms with E-state index in [4.69, 9.17) is 5.73 Å². The zero-order valence-electron chi connectivity index (χ0n) is 7.69. The van der Waals surface area contributed by atoms with E-state index in [-0.39, 0.29) is 5.91 Å². The molecule has 0 saturated carbocycles. The number of hydrogen-bond donors (Lipinski definition) is 2. The van der Waals surface area contributed by atoms with Gasteiger partial charge >= 0.3 is 0 Å². The Kier molecular flexibility index (Phi) is 2.64. The van der Waals surface area contributed by atoms with Crippen LogP contribution in [0.5, 0.6) is 0 Å². The van der Waals surface area contributed by atoms with E-state index in [1.54, 1.807) is 17.5 Å². The van der Waals surface area contributed by atoms with Crippen molar-refractivity contribution in [3.05, 3.63) is 11.1 Å². The van der Waals surface area contributed by atoms with Gasteiger partial charge in [0.2, 0.25) is 5.91 Å². The topological polar surface area (TPSA) is 71.2 Å². The Labute approximate surface area is 85.9 Å². The fraction of sp³-hybridized carbons (Fsp3) is 0.500. The SMILES string of the molecule is NCc1cnc(N2CCNC(=O)C2)s1. The third-order valence-electron chi connectivity index (χ3n) is 2.05. The summed E-state index contributed by atoms with van der Waals surface area (Å²) < 4.78 is 0. The second-order valence-electron chi connectivity index (χ2n) is 3.08. The van der Waals surface area contributed by atoms with Gasteiger partial charge in [-0.15, -0.1) is 11.3 Å². The third-order valence-corrected chi connectivity index (χ3v) is 3.13. The van der Waals surface area contributed by atoms with Gasteiger partial charge in [-0.1, -0.05) is 0 Å². The molecular weight excluding hydrogens is 200 g/mol. The Morgan fingerprint density at radius 2 is 2.57 bits per heavy atom. The van der Waals surface area contributed by atoms with Gasteiger partial charge < -0.3 is 16.0 Å². The van der Waals surface area contributed by atoms with Crippen molar-refractivity contribution in [2.24, 2.45) is 5.73 Å². The first-order chi connectivity index (χ1) is 6.79. The summed E-state index contributed by atoms with van der Waals surface area (Å²) in [4.78, 5) is 18.4. The van der Waals surface area contributed by atoms with Gasteiger partial charge in [0.15, 0.2) is 5.13 Å². The highest BCUT2D eigenvalue weighted by Gasteiger charge is 2.18. The van der Waals surface area contributed by atoms with E-state index in [0.717, 1.165) is 16.6 Å². The molecule has 2 heterocycles. The number of anilines is 1. The fourth-order valence-corrected chi connectivity index (χ4v) is 2.15. The Bertz CT molecular complexity index is 338. The Balaban J connectivity index is 2.09. The van der Waals surface area contributed by atoms with Crippen LogP contribution in [0.15, 0.2) is 6.20 Å². The number of carbonyl (C=O) groups excluding carboxylic acids is 1. The van der Waals surface area contributed by atoms with Crippen LogP contribution in [0.25, 0.3) is 0 Å². The van der Waals surface area contributed by atoms with Crippen LogP contribution >= 0.6 is 11.3 Å². The van der Waals surface area contributed by atoms with Crippen LogP contribution in [0, 0.1) is 0 Å². The summed E-state index contributed by atoms with van der Waals surface area (Å²) in [6.07, 6.45) is 1.77. The van der Waals surface area contributed by atoms with Crippen molar-refractivity contribution in [1.82, 2.24) is 10.3 Å². The molecule has 0 atom stereocenters. The second kappa shape index (κ2) is 3.93. The van der Waals surface area contributed by atoms with E-state index in [1.807, 2.05) is 4.90 Å². The minimum absolute atomic E-state index is 0.0562. The van der Waals surface area contributed by atoms with Crippen LogP contribution in [-0.2, 0) is 11.3 Å². The smallest absolute Gasteiger partial charge is 0.239 e. The van der Waals surface area contributed by atoms with Crippen molar-refractivity contribution in [3.8, 4) is 0 Å². The molecule has 1 aromatic rings. The van der Waals surface area contributed by atoms with Crippen LogP contribution in [0.1, 0.15) is 4.88 Å². The quantitative estimate of drug-likeness (QED) is 0.696. The summed E-state index contributed by atoms with van der Waals surface area (Å²) in [7, 11) is 0. The summed E-state index contributed by atoms with van der Waals surface area (Å²) in [6.45, 7) is 2.43. The van der Waals surface area contributed by atoms with Crippen LogP contribution in [0.3, 0.4) is 0 Å². The van der Waals surface area contributed by atoms with Crippen molar-refractivity contribution in [2.75, 3.05) is 24.5 Å². The first-order valence-corrected chi connectivity index (χ1v) is 5.27. The maximum Gasteiger partial charge on any atom is 0.239 e. The van der Waals surface area contributed by atoms with Gasteiger partial charge in [-0.3, -0.25) is 4.79 Å². The Morgan fingerprint density at radius 3 is 3.21 bits per heavy atom. The maximum absolute atomic E-state index is 11.1. The lowest BCUT2D eigenvalue weighted by atomic mass is 10.4. The van der Waals surface area contributed by atoms with Gasteiger partial charge in [0.05, 0.1) is 6.54 Å². The predicted octanol–water partition coefficient (Wildman–Crippen LogP) is -0.462. The monoisotopic (exact) mass is 212 g/mol. The molecule has 1 amide bonds. The van der Waals surface area contributed by atoms with Gasteiger partial charge in [-0.2, -0.15) is 0 Å². The first-order valence-electron chi connectivity index (χ1n) is 4.46. The molecule has 14 heavy (non-hydrogen) atoms. The van der Waals surface area contributed by atoms with E-state index in [2.05, 4.69) is 10.3 Å². The van der Waals surface area contributed by atoms with E-state index in [0.29, 0.717) is 19.6 Å². The van der Waals surface area contributed by atoms with Crippen molar-refractivity contribution in [2.45, 2.75) is 6.54 Å². The highest BCUT2D eigenvalue weighted by molar-refractivity contribution is 7.15.